The first-order chi connectivity index (χ1) is 7.09. The second-order valence-electron chi connectivity index (χ2n) is 5.56. The standard InChI is InChI=1S/C13H23NO/c1-9-4-5-13(11(9)3)14-7-6-12(15)8-10(14)2/h9-11,13H,4-8H2,1-3H3. The van der Waals surface area contributed by atoms with Crippen LogP contribution in [0.4, 0.5) is 0 Å². The Bertz CT molecular complexity index is 251. The molecule has 86 valence electrons. The van der Waals surface area contributed by atoms with Gasteiger partial charge in [0.1, 0.15) is 5.78 Å². The minimum absolute atomic E-state index is 0.456. The van der Waals surface area contributed by atoms with Gasteiger partial charge in [0.25, 0.3) is 0 Å². The quantitative estimate of drug-likeness (QED) is 0.661. The summed E-state index contributed by atoms with van der Waals surface area (Å²) in [5.74, 6) is 2.12. The van der Waals surface area contributed by atoms with Crippen LogP contribution in [0.15, 0.2) is 0 Å². The largest absolute Gasteiger partial charge is 0.300 e. The average Bonchev–Trinajstić information content (AvgIpc) is 2.49. The van der Waals surface area contributed by atoms with Crippen LogP contribution in [-0.4, -0.2) is 29.3 Å². The molecule has 4 atom stereocenters. The lowest BCUT2D eigenvalue weighted by molar-refractivity contribution is -0.123. The van der Waals surface area contributed by atoms with Crippen LogP contribution in [0.25, 0.3) is 0 Å². The molecular formula is C13H23NO. The minimum Gasteiger partial charge on any atom is -0.300 e. The fourth-order valence-electron chi connectivity index (χ4n) is 3.32. The van der Waals surface area contributed by atoms with Crippen LogP contribution in [0.3, 0.4) is 0 Å². The Labute approximate surface area is 93.0 Å². The van der Waals surface area contributed by atoms with Gasteiger partial charge in [-0.1, -0.05) is 13.8 Å². The molecule has 0 N–H and O–H groups in total. The molecule has 2 fully saturated rings. The van der Waals surface area contributed by atoms with Crippen molar-refractivity contribution in [1.82, 2.24) is 4.90 Å². The van der Waals surface area contributed by atoms with Gasteiger partial charge < -0.3 is 0 Å². The predicted molar refractivity (Wildman–Crippen MR) is 61.8 cm³/mol. The first kappa shape index (κ1) is 11.1. The van der Waals surface area contributed by atoms with E-state index < -0.39 is 0 Å². The van der Waals surface area contributed by atoms with Crippen molar-refractivity contribution in [2.24, 2.45) is 11.8 Å². The van der Waals surface area contributed by atoms with E-state index in [1.54, 1.807) is 0 Å². The third kappa shape index (κ3) is 2.10. The summed E-state index contributed by atoms with van der Waals surface area (Å²) in [7, 11) is 0. The lowest BCUT2D eigenvalue weighted by atomic mass is 9.93. The molecule has 0 radical (unpaired) electrons. The Hall–Kier alpha value is -0.370. The second-order valence-corrected chi connectivity index (χ2v) is 5.56. The fraction of sp³-hybridized carbons (Fsp3) is 0.923. The summed E-state index contributed by atoms with van der Waals surface area (Å²) in [6, 6.07) is 1.21. The van der Waals surface area contributed by atoms with Crippen molar-refractivity contribution in [2.75, 3.05) is 6.54 Å². The predicted octanol–water partition coefficient (Wildman–Crippen LogP) is 2.47. The van der Waals surface area contributed by atoms with Crippen molar-refractivity contribution in [3.05, 3.63) is 0 Å². The third-order valence-electron chi connectivity index (χ3n) is 4.59. The number of rotatable bonds is 1. The maximum Gasteiger partial charge on any atom is 0.135 e. The van der Waals surface area contributed by atoms with Crippen molar-refractivity contribution in [2.45, 2.75) is 58.5 Å². The van der Waals surface area contributed by atoms with Crippen molar-refractivity contribution < 1.29 is 4.79 Å². The summed E-state index contributed by atoms with van der Waals surface area (Å²) >= 11 is 0. The van der Waals surface area contributed by atoms with E-state index >= 15 is 0 Å². The Morgan fingerprint density at radius 2 is 1.93 bits per heavy atom. The average molecular weight is 209 g/mol. The summed E-state index contributed by atoms with van der Waals surface area (Å²) < 4.78 is 0. The highest BCUT2D eigenvalue weighted by atomic mass is 16.1. The molecule has 0 amide bonds. The SMILES string of the molecule is CC1CCC(N2CCC(=O)CC2C)C1C. The Morgan fingerprint density at radius 1 is 1.20 bits per heavy atom. The maximum atomic E-state index is 11.4. The fourth-order valence-corrected chi connectivity index (χ4v) is 3.32. The van der Waals surface area contributed by atoms with E-state index in [1.165, 1.54) is 12.8 Å². The number of likely N-dealkylation sites (tertiary alicyclic amines) is 1. The first-order valence-electron chi connectivity index (χ1n) is 6.37. The molecule has 4 unspecified atom stereocenters. The molecule has 2 heteroatoms. The molecule has 1 heterocycles. The van der Waals surface area contributed by atoms with Crippen molar-refractivity contribution in [3.8, 4) is 0 Å². The summed E-state index contributed by atoms with van der Waals surface area (Å²) in [5, 5.41) is 0. The molecule has 0 aromatic carbocycles. The van der Waals surface area contributed by atoms with E-state index in [1.807, 2.05) is 0 Å². The van der Waals surface area contributed by atoms with Crippen LogP contribution >= 0.6 is 0 Å². The van der Waals surface area contributed by atoms with Crippen LogP contribution in [0.1, 0.15) is 46.5 Å². The lowest BCUT2D eigenvalue weighted by Gasteiger charge is -2.39. The second kappa shape index (κ2) is 4.25. The van der Waals surface area contributed by atoms with Crippen LogP contribution in [0.5, 0.6) is 0 Å². The number of ketones is 1. The monoisotopic (exact) mass is 209 g/mol. The highest BCUT2D eigenvalue weighted by Gasteiger charge is 2.37. The van der Waals surface area contributed by atoms with E-state index in [0.29, 0.717) is 11.8 Å². The molecular weight excluding hydrogens is 186 g/mol. The zero-order chi connectivity index (χ0) is 11.0. The van der Waals surface area contributed by atoms with Gasteiger partial charge in [-0.15, -0.1) is 0 Å². The van der Waals surface area contributed by atoms with Gasteiger partial charge in [-0.05, 0) is 31.6 Å². The molecule has 0 aromatic heterocycles. The highest BCUT2D eigenvalue weighted by Crippen LogP contribution is 2.36. The van der Waals surface area contributed by atoms with E-state index in [0.717, 1.165) is 37.3 Å². The molecule has 1 aliphatic heterocycles. The smallest absolute Gasteiger partial charge is 0.135 e. The number of nitrogens with zero attached hydrogens (tertiary/aromatic N) is 1. The van der Waals surface area contributed by atoms with Gasteiger partial charge in [0.15, 0.2) is 0 Å². The van der Waals surface area contributed by atoms with E-state index in [4.69, 9.17) is 0 Å². The van der Waals surface area contributed by atoms with Gasteiger partial charge in [-0.3, -0.25) is 9.69 Å². The summed E-state index contributed by atoms with van der Waals surface area (Å²) in [6.45, 7) is 7.96. The molecule has 2 nitrogen and oxygen atoms in total. The van der Waals surface area contributed by atoms with Gasteiger partial charge in [0.2, 0.25) is 0 Å². The van der Waals surface area contributed by atoms with Crippen LogP contribution in [-0.2, 0) is 4.79 Å². The number of carbonyl (C=O) groups excluding carboxylic acids is 1. The Morgan fingerprint density at radius 3 is 2.47 bits per heavy atom. The van der Waals surface area contributed by atoms with E-state index in [9.17, 15) is 4.79 Å². The van der Waals surface area contributed by atoms with Crippen molar-refractivity contribution >= 4 is 5.78 Å². The summed E-state index contributed by atoms with van der Waals surface area (Å²) in [6.07, 6.45) is 4.25. The number of hydrogen-bond acceptors (Lipinski definition) is 2. The normalized spacial score (nSPS) is 43.5. The first-order valence-corrected chi connectivity index (χ1v) is 6.37. The maximum absolute atomic E-state index is 11.4. The van der Waals surface area contributed by atoms with Crippen molar-refractivity contribution in [1.29, 1.82) is 0 Å². The van der Waals surface area contributed by atoms with E-state index in [2.05, 4.69) is 25.7 Å². The Balaban J connectivity index is 2.01. The summed E-state index contributed by atoms with van der Waals surface area (Å²) in [4.78, 5) is 13.9. The van der Waals surface area contributed by atoms with Crippen molar-refractivity contribution in [3.63, 3.8) is 0 Å². The van der Waals surface area contributed by atoms with Gasteiger partial charge in [-0.25, -0.2) is 0 Å². The zero-order valence-electron chi connectivity index (χ0n) is 10.2. The van der Waals surface area contributed by atoms with Gasteiger partial charge in [0, 0.05) is 31.5 Å². The number of hydrogen-bond donors (Lipinski definition) is 0. The number of piperidine rings is 1. The highest BCUT2D eigenvalue weighted by molar-refractivity contribution is 5.79. The number of Topliss-reactive ketones (excluding diaryl/α,β-unsaturated/α-hetero) is 1. The molecule has 1 saturated carbocycles. The van der Waals surface area contributed by atoms with Gasteiger partial charge in [0.05, 0.1) is 0 Å². The molecule has 2 rings (SSSR count). The molecule has 2 aliphatic rings. The van der Waals surface area contributed by atoms with Gasteiger partial charge >= 0.3 is 0 Å². The molecule has 0 spiro atoms. The third-order valence-corrected chi connectivity index (χ3v) is 4.59. The molecule has 1 aliphatic carbocycles. The topological polar surface area (TPSA) is 20.3 Å². The molecule has 15 heavy (non-hydrogen) atoms. The number of carbonyl (C=O) groups is 1. The molecule has 0 bridgehead atoms. The van der Waals surface area contributed by atoms with Crippen LogP contribution < -0.4 is 0 Å². The van der Waals surface area contributed by atoms with Crippen LogP contribution in [0, 0.1) is 11.8 Å². The molecule has 1 saturated heterocycles. The Kier molecular flexibility index (Phi) is 3.15. The lowest BCUT2D eigenvalue weighted by Crippen LogP contribution is -2.48. The van der Waals surface area contributed by atoms with Crippen LogP contribution in [0.2, 0.25) is 0 Å². The van der Waals surface area contributed by atoms with Gasteiger partial charge in [-0.2, -0.15) is 0 Å². The van der Waals surface area contributed by atoms with E-state index in [-0.39, 0.29) is 0 Å². The minimum atomic E-state index is 0.456. The summed E-state index contributed by atoms with van der Waals surface area (Å²) in [5.41, 5.74) is 0. The zero-order valence-corrected chi connectivity index (χ0v) is 10.2. The molecule has 0 aromatic rings.